The quantitative estimate of drug-likeness (QED) is 0.708. The number of carbonyl (C=O) groups is 1. The van der Waals surface area contributed by atoms with Crippen molar-refractivity contribution >= 4 is 11.6 Å². The minimum absolute atomic E-state index is 0.210. The van der Waals surface area contributed by atoms with Crippen LogP contribution in [0.25, 0.3) is 0 Å². The van der Waals surface area contributed by atoms with Crippen molar-refractivity contribution < 1.29 is 13.9 Å². The van der Waals surface area contributed by atoms with E-state index in [4.69, 9.17) is 9.15 Å². The van der Waals surface area contributed by atoms with Crippen molar-refractivity contribution in [2.24, 2.45) is 5.10 Å². The highest BCUT2D eigenvalue weighted by atomic mass is 16.5. The molecule has 5 heteroatoms. The molecular weight excluding hydrogens is 328 g/mol. The van der Waals surface area contributed by atoms with Crippen molar-refractivity contribution in [1.82, 2.24) is 5.01 Å². The van der Waals surface area contributed by atoms with E-state index in [9.17, 15) is 4.79 Å². The lowest BCUT2D eigenvalue weighted by Gasteiger charge is -2.21. The summed E-state index contributed by atoms with van der Waals surface area (Å²) in [6.07, 6.45) is 2.12. The molecule has 4 rings (SSSR count). The minimum atomic E-state index is -0.256. The van der Waals surface area contributed by atoms with Crippen LogP contribution in [0, 0.1) is 0 Å². The number of amides is 1. The fourth-order valence-electron chi connectivity index (χ4n) is 3.12. The number of furan rings is 1. The van der Waals surface area contributed by atoms with Crippen LogP contribution in [0.4, 0.5) is 0 Å². The maximum absolute atomic E-state index is 12.9. The highest BCUT2D eigenvalue weighted by Crippen LogP contribution is 2.35. The van der Waals surface area contributed by atoms with Gasteiger partial charge in [-0.2, -0.15) is 5.10 Å². The molecule has 1 aliphatic heterocycles. The fraction of sp³-hybridized carbons (Fsp3) is 0.143. The molecule has 26 heavy (non-hydrogen) atoms. The topological polar surface area (TPSA) is 55.0 Å². The molecule has 3 aromatic rings. The summed E-state index contributed by atoms with van der Waals surface area (Å²) in [5, 5.41) is 6.14. The molecule has 0 saturated carbocycles. The Balaban J connectivity index is 1.73. The average molecular weight is 346 g/mol. The third-order valence-electron chi connectivity index (χ3n) is 4.44. The van der Waals surface area contributed by atoms with Crippen LogP contribution in [0.3, 0.4) is 0 Å². The smallest absolute Gasteiger partial charge is 0.310 e. The van der Waals surface area contributed by atoms with Crippen LogP contribution in [0.15, 0.2) is 82.5 Å². The van der Waals surface area contributed by atoms with E-state index in [1.54, 1.807) is 19.2 Å². The number of carbonyl (C=O) groups excluding carboxylic acids is 1. The minimum Gasteiger partial charge on any atom is -0.497 e. The Morgan fingerprint density at radius 2 is 1.96 bits per heavy atom. The van der Waals surface area contributed by atoms with E-state index in [0.717, 1.165) is 22.6 Å². The number of rotatable bonds is 4. The zero-order valence-electron chi connectivity index (χ0n) is 14.3. The van der Waals surface area contributed by atoms with Gasteiger partial charge in [0.25, 0.3) is 0 Å². The maximum Gasteiger partial charge on any atom is 0.310 e. The van der Waals surface area contributed by atoms with Gasteiger partial charge in [0.15, 0.2) is 5.76 Å². The molecule has 1 aliphatic rings. The van der Waals surface area contributed by atoms with Crippen molar-refractivity contribution in [3.8, 4) is 5.75 Å². The van der Waals surface area contributed by atoms with Crippen molar-refractivity contribution in [2.45, 2.75) is 12.5 Å². The van der Waals surface area contributed by atoms with Crippen LogP contribution in [0.1, 0.15) is 34.1 Å². The molecule has 0 radical (unpaired) electrons. The molecule has 2 aromatic carbocycles. The lowest BCUT2D eigenvalue weighted by atomic mass is 9.98. The van der Waals surface area contributed by atoms with Crippen molar-refractivity contribution in [3.63, 3.8) is 0 Å². The Labute approximate surface area is 151 Å². The van der Waals surface area contributed by atoms with Crippen LogP contribution in [0.5, 0.6) is 5.75 Å². The van der Waals surface area contributed by atoms with Crippen molar-refractivity contribution in [3.05, 3.63) is 89.9 Å². The van der Waals surface area contributed by atoms with E-state index >= 15 is 0 Å². The molecule has 1 unspecified atom stereocenters. The zero-order chi connectivity index (χ0) is 17.9. The second kappa shape index (κ2) is 6.88. The summed E-state index contributed by atoms with van der Waals surface area (Å²) < 4.78 is 10.6. The molecule has 0 saturated heterocycles. The summed E-state index contributed by atoms with van der Waals surface area (Å²) in [6, 6.07) is 20.8. The summed E-state index contributed by atoms with van der Waals surface area (Å²) in [7, 11) is 1.63. The highest BCUT2D eigenvalue weighted by molar-refractivity contribution is 6.04. The Morgan fingerprint density at radius 1 is 1.12 bits per heavy atom. The number of nitrogens with zero attached hydrogens (tertiary/aromatic N) is 2. The molecule has 5 nitrogen and oxygen atoms in total. The number of benzene rings is 2. The van der Waals surface area contributed by atoms with Gasteiger partial charge in [0.2, 0.25) is 0 Å². The molecule has 1 atom stereocenters. The Bertz CT molecular complexity index is 933. The van der Waals surface area contributed by atoms with Gasteiger partial charge in [-0.25, -0.2) is 5.01 Å². The standard InChI is InChI=1S/C21H18N2O3/c1-25-17-10-5-9-16(13-17)19-14-18(15-7-3-2-4-8-15)22-23(19)21(24)20-11-6-12-26-20/h2-13,19H,14H2,1H3. The van der Waals surface area contributed by atoms with Gasteiger partial charge < -0.3 is 9.15 Å². The average Bonchev–Trinajstić information content (AvgIpc) is 3.38. The van der Waals surface area contributed by atoms with E-state index in [1.165, 1.54) is 11.3 Å². The number of ether oxygens (including phenoxy) is 1. The summed E-state index contributed by atoms with van der Waals surface area (Å²) in [4.78, 5) is 12.9. The van der Waals surface area contributed by atoms with Crippen LogP contribution < -0.4 is 4.74 Å². The summed E-state index contributed by atoms with van der Waals surface area (Å²) in [5.41, 5.74) is 2.85. The van der Waals surface area contributed by atoms with E-state index in [0.29, 0.717) is 6.42 Å². The third-order valence-corrected chi connectivity index (χ3v) is 4.44. The second-order valence-electron chi connectivity index (χ2n) is 6.04. The van der Waals surface area contributed by atoms with Gasteiger partial charge in [-0.3, -0.25) is 4.79 Å². The predicted octanol–water partition coefficient (Wildman–Crippen LogP) is 4.28. The Morgan fingerprint density at radius 3 is 2.69 bits per heavy atom. The van der Waals surface area contributed by atoms with Gasteiger partial charge in [-0.1, -0.05) is 42.5 Å². The lowest BCUT2D eigenvalue weighted by molar-refractivity contribution is 0.0678. The Hall–Kier alpha value is -3.34. The lowest BCUT2D eigenvalue weighted by Crippen LogP contribution is -2.26. The van der Waals surface area contributed by atoms with Crippen LogP contribution in [0.2, 0.25) is 0 Å². The fourth-order valence-corrected chi connectivity index (χ4v) is 3.12. The normalized spacial score (nSPS) is 16.4. The first-order valence-corrected chi connectivity index (χ1v) is 8.40. The van der Waals surface area contributed by atoms with Gasteiger partial charge in [0, 0.05) is 6.42 Å². The summed E-state index contributed by atoms with van der Waals surface area (Å²) in [5.74, 6) is 0.769. The van der Waals surface area contributed by atoms with Crippen molar-refractivity contribution in [1.29, 1.82) is 0 Å². The van der Waals surface area contributed by atoms with Crippen LogP contribution in [-0.4, -0.2) is 23.7 Å². The number of hydrogen-bond donors (Lipinski definition) is 0. The first kappa shape index (κ1) is 16.1. The number of hydrogen-bond acceptors (Lipinski definition) is 4. The molecule has 0 fully saturated rings. The van der Waals surface area contributed by atoms with Crippen LogP contribution >= 0.6 is 0 Å². The molecular formula is C21H18N2O3. The van der Waals surface area contributed by atoms with Gasteiger partial charge >= 0.3 is 5.91 Å². The molecule has 0 bridgehead atoms. The molecule has 2 heterocycles. The van der Waals surface area contributed by atoms with Crippen molar-refractivity contribution in [2.75, 3.05) is 7.11 Å². The van der Waals surface area contributed by atoms with E-state index < -0.39 is 0 Å². The molecule has 0 spiro atoms. The van der Waals surface area contributed by atoms with Gasteiger partial charge in [-0.05, 0) is 35.4 Å². The van der Waals surface area contributed by atoms with E-state index in [2.05, 4.69) is 5.10 Å². The Kier molecular flexibility index (Phi) is 4.27. The third kappa shape index (κ3) is 2.99. The molecule has 1 amide bonds. The van der Waals surface area contributed by atoms with Gasteiger partial charge in [-0.15, -0.1) is 0 Å². The molecule has 0 aliphatic carbocycles. The number of methoxy groups -OCH3 is 1. The zero-order valence-corrected chi connectivity index (χ0v) is 14.3. The van der Waals surface area contributed by atoms with Gasteiger partial charge in [0.05, 0.1) is 25.1 Å². The summed E-state index contributed by atoms with van der Waals surface area (Å²) in [6.45, 7) is 0. The summed E-state index contributed by atoms with van der Waals surface area (Å²) >= 11 is 0. The largest absolute Gasteiger partial charge is 0.497 e. The monoisotopic (exact) mass is 346 g/mol. The number of hydrazone groups is 1. The van der Waals surface area contributed by atoms with Gasteiger partial charge in [0.1, 0.15) is 5.75 Å². The maximum atomic E-state index is 12.9. The molecule has 0 N–H and O–H groups in total. The first-order valence-electron chi connectivity index (χ1n) is 8.40. The van der Waals surface area contributed by atoms with E-state index in [1.807, 2.05) is 54.6 Å². The van der Waals surface area contributed by atoms with E-state index in [-0.39, 0.29) is 17.7 Å². The SMILES string of the molecule is COc1cccc(C2CC(c3ccccc3)=NN2C(=O)c2ccco2)c1. The molecule has 1 aromatic heterocycles. The molecule has 130 valence electrons. The predicted molar refractivity (Wildman–Crippen MR) is 98.2 cm³/mol. The second-order valence-corrected chi connectivity index (χ2v) is 6.04. The first-order chi connectivity index (χ1) is 12.8. The highest BCUT2D eigenvalue weighted by Gasteiger charge is 2.34. The van der Waals surface area contributed by atoms with Crippen LogP contribution in [-0.2, 0) is 0 Å².